The Balaban J connectivity index is 0.00000144. The van der Waals surface area contributed by atoms with Crippen LogP contribution in [0.15, 0.2) is 46.9 Å². The van der Waals surface area contributed by atoms with Crippen molar-refractivity contribution in [3.05, 3.63) is 52.5 Å². The summed E-state index contributed by atoms with van der Waals surface area (Å²) >= 11 is 3.39. The summed E-state index contributed by atoms with van der Waals surface area (Å²) in [5.74, 6) is 1.45. The largest absolute Gasteiger partial charge is 0.455 e. The highest BCUT2D eigenvalue weighted by Gasteiger charge is 2.02. The molecule has 0 saturated heterocycles. The molecule has 0 aliphatic heterocycles. The summed E-state index contributed by atoms with van der Waals surface area (Å²) in [4.78, 5) is 0. The zero-order valence-electron chi connectivity index (χ0n) is 9.31. The van der Waals surface area contributed by atoms with Crippen LogP contribution in [0.1, 0.15) is 5.56 Å². The Labute approximate surface area is 115 Å². The Bertz CT molecular complexity index is 499. The van der Waals surface area contributed by atoms with Crippen LogP contribution in [-0.4, -0.2) is 0 Å². The first kappa shape index (κ1) is 13.9. The van der Waals surface area contributed by atoms with Crippen molar-refractivity contribution in [3.63, 3.8) is 0 Å². The summed E-state index contributed by atoms with van der Waals surface area (Å²) < 4.78 is 6.64. The van der Waals surface area contributed by atoms with Crippen molar-refractivity contribution in [3.8, 4) is 11.5 Å². The summed E-state index contributed by atoms with van der Waals surface area (Å²) in [6.07, 6.45) is 0. The second kappa shape index (κ2) is 5.94. The highest BCUT2D eigenvalue weighted by molar-refractivity contribution is 9.10. The molecule has 0 spiro atoms. The maximum absolute atomic E-state index is 5.82. The lowest BCUT2D eigenvalue weighted by Gasteiger charge is -2.08. The van der Waals surface area contributed by atoms with Crippen molar-refractivity contribution in [2.45, 2.75) is 6.92 Å². The minimum atomic E-state index is 0. The molecular formula is C13H13BrClNO. The maximum Gasteiger partial charge on any atom is 0.151 e. The molecule has 0 aliphatic carbocycles. The van der Waals surface area contributed by atoms with Crippen LogP contribution in [0.5, 0.6) is 11.5 Å². The number of rotatable bonds is 2. The number of benzene rings is 2. The van der Waals surface area contributed by atoms with E-state index in [1.165, 1.54) is 5.56 Å². The van der Waals surface area contributed by atoms with E-state index >= 15 is 0 Å². The fourth-order valence-corrected chi connectivity index (χ4v) is 1.67. The molecule has 0 aromatic heterocycles. The van der Waals surface area contributed by atoms with E-state index in [-0.39, 0.29) is 12.4 Å². The number of anilines is 1. The van der Waals surface area contributed by atoms with Gasteiger partial charge in [-0.2, -0.15) is 0 Å². The van der Waals surface area contributed by atoms with Crippen molar-refractivity contribution >= 4 is 34.0 Å². The average Bonchev–Trinajstić information content (AvgIpc) is 2.27. The van der Waals surface area contributed by atoms with Gasteiger partial charge in [0.2, 0.25) is 0 Å². The highest BCUT2D eigenvalue weighted by Crippen LogP contribution is 2.30. The lowest BCUT2D eigenvalue weighted by Crippen LogP contribution is -1.91. The minimum absolute atomic E-state index is 0. The van der Waals surface area contributed by atoms with Gasteiger partial charge in [0.05, 0.1) is 5.69 Å². The van der Waals surface area contributed by atoms with Gasteiger partial charge in [-0.05, 0) is 37.3 Å². The molecule has 0 heterocycles. The number of ether oxygens (including phenoxy) is 1. The second-order valence-corrected chi connectivity index (χ2v) is 4.51. The summed E-state index contributed by atoms with van der Waals surface area (Å²) in [7, 11) is 0. The molecule has 90 valence electrons. The van der Waals surface area contributed by atoms with E-state index < -0.39 is 0 Å². The molecule has 2 rings (SSSR count). The first-order chi connectivity index (χ1) is 7.65. The molecule has 4 heteroatoms. The fraction of sp³-hybridized carbons (Fsp3) is 0.0769. The van der Waals surface area contributed by atoms with Crippen LogP contribution in [0.4, 0.5) is 5.69 Å². The van der Waals surface area contributed by atoms with Crippen LogP contribution in [0.25, 0.3) is 0 Å². The van der Waals surface area contributed by atoms with E-state index in [4.69, 9.17) is 10.5 Å². The van der Waals surface area contributed by atoms with Crippen LogP contribution in [0.3, 0.4) is 0 Å². The molecule has 2 aromatic carbocycles. The highest BCUT2D eigenvalue weighted by atomic mass is 79.9. The van der Waals surface area contributed by atoms with Gasteiger partial charge < -0.3 is 10.5 Å². The SMILES string of the molecule is Cc1ccc(Oc2cc(Br)ccc2N)cc1.Cl. The topological polar surface area (TPSA) is 35.2 Å². The summed E-state index contributed by atoms with van der Waals surface area (Å²) in [6.45, 7) is 2.04. The molecule has 0 fully saturated rings. The average molecular weight is 315 g/mol. The van der Waals surface area contributed by atoms with Gasteiger partial charge in [-0.1, -0.05) is 33.6 Å². The fourth-order valence-electron chi connectivity index (χ4n) is 1.33. The van der Waals surface area contributed by atoms with Crippen LogP contribution in [-0.2, 0) is 0 Å². The summed E-state index contributed by atoms with van der Waals surface area (Å²) in [6, 6.07) is 13.4. The molecule has 17 heavy (non-hydrogen) atoms. The molecule has 0 unspecified atom stereocenters. The zero-order chi connectivity index (χ0) is 11.5. The van der Waals surface area contributed by atoms with Gasteiger partial charge in [0.15, 0.2) is 5.75 Å². The molecule has 2 nitrogen and oxygen atoms in total. The first-order valence-electron chi connectivity index (χ1n) is 4.95. The Hall–Kier alpha value is -1.19. The van der Waals surface area contributed by atoms with E-state index in [2.05, 4.69) is 15.9 Å². The number of aryl methyl sites for hydroxylation is 1. The van der Waals surface area contributed by atoms with E-state index in [1.54, 1.807) is 0 Å². The zero-order valence-corrected chi connectivity index (χ0v) is 11.7. The van der Waals surface area contributed by atoms with E-state index in [0.29, 0.717) is 11.4 Å². The predicted molar refractivity (Wildman–Crippen MR) is 77.1 cm³/mol. The van der Waals surface area contributed by atoms with Crippen molar-refractivity contribution in [1.82, 2.24) is 0 Å². The molecule has 2 N–H and O–H groups in total. The Kier molecular flexibility index (Phi) is 4.85. The quantitative estimate of drug-likeness (QED) is 0.825. The lowest BCUT2D eigenvalue weighted by molar-refractivity contribution is 0.484. The molecule has 0 atom stereocenters. The molecular weight excluding hydrogens is 302 g/mol. The third-order valence-corrected chi connectivity index (χ3v) is 2.72. The van der Waals surface area contributed by atoms with Crippen molar-refractivity contribution < 1.29 is 4.74 Å². The van der Waals surface area contributed by atoms with Gasteiger partial charge >= 0.3 is 0 Å². The van der Waals surface area contributed by atoms with Crippen molar-refractivity contribution in [1.29, 1.82) is 0 Å². The van der Waals surface area contributed by atoms with Gasteiger partial charge in [0, 0.05) is 4.47 Å². The molecule has 0 amide bonds. The first-order valence-corrected chi connectivity index (χ1v) is 5.74. The summed E-state index contributed by atoms with van der Waals surface area (Å²) in [5.41, 5.74) is 7.65. The van der Waals surface area contributed by atoms with Crippen molar-refractivity contribution in [2.24, 2.45) is 0 Å². The van der Waals surface area contributed by atoms with Crippen molar-refractivity contribution in [2.75, 3.05) is 5.73 Å². The van der Waals surface area contributed by atoms with E-state index in [0.717, 1.165) is 10.2 Å². The maximum atomic E-state index is 5.82. The number of halogens is 2. The van der Waals surface area contributed by atoms with Crippen LogP contribution < -0.4 is 10.5 Å². The van der Waals surface area contributed by atoms with Crippen LogP contribution in [0.2, 0.25) is 0 Å². The smallest absolute Gasteiger partial charge is 0.151 e. The summed E-state index contributed by atoms with van der Waals surface area (Å²) in [5, 5.41) is 0. The number of hydrogen-bond donors (Lipinski definition) is 1. The Morgan fingerprint density at radius 1 is 1.06 bits per heavy atom. The number of nitrogen functional groups attached to an aromatic ring is 1. The van der Waals surface area contributed by atoms with Gasteiger partial charge in [0.1, 0.15) is 5.75 Å². The number of nitrogens with two attached hydrogens (primary N) is 1. The molecule has 0 saturated carbocycles. The monoisotopic (exact) mass is 313 g/mol. The normalized spacial score (nSPS) is 9.53. The standard InChI is InChI=1S/C13H12BrNO.ClH/c1-9-2-5-11(6-3-9)16-13-8-10(14)4-7-12(13)15;/h2-8H,15H2,1H3;1H. The minimum Gasteiger partial charge on any atom is -0.455 e. The lowest BCUT2D eigenvalue weighted by atomic mass is 10.2. The van der Waals surface area contributed by atoms with Gasteiger partial charge in [-0.25, -0.2) is 0 Å². The number of hydrogen-bond acceptors (Lipinski definition) is 2. The Morgan fingerprint density at radius 2 is 1.71 bits per heavy atom. The second-order valence-electron chi connectivity index (χ2n) is 3.60. The van der Waals surface area contributed by atoms with Crippen LogP contribution in [0, 0.1) is 6.92 Å². The van der Waals surface area contributed by atoms with Gasteiger partial charge in [-0.3, -0.25) is 0 Å². The molecule has 0 bridgehead atoms. The molecule has 0 radical (unpaired) electrons. The predicted octanol–water partition coefficient (Wildman–Crippen LogP) is 4.55. The van der Waals surface area contributed by atoms with Gasteiger partial charge in [0.25, 0.3) is 0 Å². The molecule has 2 aromatic rings. The van der Waals surface area contributed by atoms with Crippen LogP contribution >= 0.6 is 28.3 Å². The third-order valence-electron chi connectivity index (χ3n) is 2.22. The third kappa shape index (κ3) is 3.65. The Morgan fingerprint density at radius 3 is 2.35 bits per heavy atom. The van der Waals surface area contributed by atoms with Gasteiger partial charge in [-0.15, -0.1) is 12.4 Å². The molecule has 0 aliphatic rings. The van der Waals surface area contributed by atoms with E-state index in [1.807, 2.05) is 49.4 Å². The van der Waals surface area contributed by atoms with E-state index in [9.17, 15) is 0 Å².